The van der Waals surface area contributed by atoms with Gasteiger partial charge in [0, 0.05) is 30.8 Å². The van der Waals surface area contributed by atoms with E-state index in [-0.39, 0.29) is 47.0 Å². The van der Waals surface area contributed by atoms with Gasteiger partial charge >= 0.3 is 6.18 Å². The minimum absolute atomic E-state index is 0.0385. The van der Waals surface area contributed by atoms with E-state index in [2.05, 4.69) is 15.0 Å². The molecule has 1 saturated heterocycles. The molecule has 11 heteroatoms. The van der Waals surface area contributed by atoms with Crippen molar-refractivity contribution in [3.05, 3.63) is 53.4 Å². The first-order valence-electron chi connectivity index (χ1n) is 11.6. The van der Waals surface area contributed by atoms with E-state index in [4.69, 9.17) is 14.2 Å². The van der Waals surface area contributed by atoms with Crippen molar-refractivity contribution < 1.29 is 36.2 Å². The number of aliphatic imine (C=N–C) groups is 1. The van der Waals surface area contributed by atoms with E-state index in [9.17, 15) is 22.0 Å². The van der Waals surface area contributed by atoms with Gasteiger partial charge in [0.15, 0.2) is 23.3 Å². The van der Waals surface area contributed by atoms with Crippen molar-refractivity contribution in [2.45, 2.75) is 37.3 Å². The number of H-pyrrole nitrogens is 1. The molecular formula is C25H22F5N3O3. The lowest BCUT2D eigenvalue weighted by atomic mass is 9.88. The molecule has 4 heterocycles. The molecule has 1 spiro atoms. The maximum Gasteiger partial charge on any atom is 0.398 e. The highest BCUT2D eigenvalue weighted by Crippen LogP contribution is 2.61. The molecule has 1 unspecified atom stereocenters. The largest absolute Gasteiger partial charge is 0.480 e. The van der Waals surface area contributed by atoms with Crippen LogP contribution in [-0.4, -0.2) is 48.4 Å². The summed E-state index contributed by atoms with van der Waals surface area (Å²) in [7, 11) is 0. The number of ether oxygens (including phenoxy) is 3. The van der Waals surface area contributed by atoms with Gasteiger partial charge in [-0.1, -0.05) is 0 Å². The summed E-state index contributed by atoms with van der Waals surface area (Å²) >= 11 is 0. The monoisotopic (exact) mass is 507 g/mol. The number of alkyl halides is 3. The van der Waals surface area contributed by atoms with Gasteiger partial charge < -0.3 is 19.2 Å². The van der Waals surface area contributed by atoms with Crippen LogP contribution in [0.25, 0.3) is 11.0 Å². The standard InChI is InChI=1S/C25H22F5N3O3/c26-16-7-14(9-19-33-11-23(13-35-19)4-6-34-12-23)8-17(27)21(16)36-18-1-5-31-22-20(18)15(10-32-22)24(2-3-24)25(28,29)30/h1,5,7-8,10H,2-4,6,9,11-13H2,(H,31,32). The van der Waals surface area contributed by atoms with E-state index < -0.39 is 29.0 Å². The van der Waals surface area contributed by atoms with Gasteiger partial charge in [-0.15, -0.1) is 0 Å². The zero-order valence-corrected chi connectivity index (χ0v) is 19.1. The summed E-state index contributed by atoms with van der Waals surface area (Å²) in [6, 6.07) is 3.52. The highest BCUT2D eigenvalue weighted by atomic mass is 19.4. The van der Waals surface area contributed by atoms with Crippen LogP contribution in [0.4, 0.5) is 22.0 Å². The van der Waals surface area contributed by atoms with Gasteiger partial charge in [0.1, 0.15) is 11.4 Å². The zero-order valence-electron chi connectivity index (χ0n) is 19.1. The number of hydrogen-bond donors (Lipinski definition) is 1. The summed E-state index contributed by atoms with van der Waals surface area (Å²) in [6.07, 6.45) is -1.12. The lowest BCUT2D eigenvalue weighted by Gasteiger charge is -2.30. The van der Waals surface area contributed by atoms with Crippen LogP contribution in [0.1, 0.15) is 30.4 Å². The number of aromatic amines is 1. The van der Waals surface area contributed by atoms with Gasteiger partial charge in [-0.3, -0.25) is 4.99 Å². The molecule has 190 valence electrons. The van der Waals surface area contributed by atoms with Crippen LogP contribution in [-0.2, 0) is 21.3 Å². The minimum Gasteiger partial charge on any atom is -0.480 e. The number of nitrogens with zero attached hydrogens (tertiary/aromatic N) is 2. The Morgan fingerprint density at radius 1 is 1.08 bits per heavy atom. The second-order valence-electron chi connectivity index (χ2n) is 9.78. The van der Waals surface area contributed by atoms with Crippen LogP contribution in [0.2, 0.25) is 0 Å². The minimum atomic E-state index is -4.47. The maximum atomic E-state index is 15.0. The summed E-state index contributed by atoms with van der Waals surface area (Å²) in [5.41, 5.74) is -1.74. The third kappa shape index (κ3) is 3.80. The summed E-state index contributed by atoms with van der Waals surface area (Å²) in [6.45, 7) is 2.21. The Balaban J connectivity index is 1.27. The van der Waals surface area contributed by atoms with Crippen molar-refractivity contribution in [3.8, 4) is 11.5 Å². The molecule has 1 N–H and O–H groups in total. The van der Waals surface area contributed by atoms with Gasteiger partial charge in [-0.2, -0.15) is 13.2 Å². The molecule has 1 atom stereocenters. The molecule has 1 saturated carbocycles. The fraction of sp³-hybridized carbons (Fsp3) is 0.440. The quantitative estimate of drug-likeness (QED) is 0.456. The molecule has 0 bridgehead atoms. The smallest absolute Gasteiger partial charge is 0.398 e. The fourth-order valence-corrected chi connectivity index (χ4v) is 4.99. The number of aromatic nitrogens is 2. The Hall–Kier alpha value is -3.21. The van der Waals surface area contributed by atoms with E-state index >= 15 is 0 Å². The molecule has 3 aliphatic rings. The average molecular weight is 507 g/mol. The Kier molecular flexibility index (Phi) is 5.26. The molecule has 2 aromatic heterocycles. The molecule has 1 aromatic carbocycles. The van der Waals surface area contributed by atoms with Crippen molar-refractivity contribution >= 4 is 16.9 Å². The van der Waals surface area contributed by atoms with Gasteiger partial charge in [-0.25, -0.2) is 13.8 Å². The van der Waals surface area contributed by atoms with Crippen molar-refractivity contribution in [3.63, 3.8) is 0 Å². The van der Waals surface area contributed by atoms with E-state index in [1.54, 1.807) is 0 Å². The number of pyridine rings is 1. The SMILES string of the molecule is Fc1cc(CC2=NCC3(CCOC3)CO2)cc(F)c1Oc1ccnc2[nH]cc(C3(C(F)(F)F)CC3)c12. The Morgan fingerprint density at radius 3 is 2.47 bits per heavy atom. The highest BCUT2D eigenvalue weighted by Gasteiger charge is 2.65. The Labute approximate surface area is 202 Å². The first kappa shape index (κ1) is 23.2. The van der Waals surface area contributed by atoms with E-state index in [1.165, 1.54) is 18.5 Å². The molecular weight excluding hydrogens is 485 g/mol. The predicted octanol–water partition coefficient (Wildman–Crippen LogP) is 5.61. The predicted molar refractivity (Wildman–Crippen MR) is 119 cm³/mol. The van der Waals surface area contributed by atoms with Gasteiger partial charge in [0.2, 0.25) is 0 Å². The summed E-state index contributed by atoms with van der Waals surface area (Å²) in [5.74, 6) is -2.40. The van der Waals surface area contributed by atoms with E-state index in [1.807, 2.05) is 0 Å². The highest BCUT2D eigenvalue weighted by molar-refractivity contribution is 5.88. The van der Waals surface area contributed by atoms with Crippen LogP contribution in [0.5, 0.6) is 11.5 Å². The number of fused-ring (bicyclic) bond motifs is 1. The first-order valence-corrected chi connectivity index (χ1v) is 11.6. The molecule has 0 radical (unpaired) electrons. The normalized spacial score (nSPS) is 23.1. The van der Waals surface area contributed by atoms with Crippen LogP contribution in [0, 0.1) is 17.0 Å². The summed E-state index contributed by atoms with van der Waals surface area (Å²) < 4.78 is 88.0. The van der Waals surface area contributed by atoms with E-state index in [0.29, 0.717) is 37.8 Å². The molecule has 6 rings (SSSR count). The number of rotatable bonds is 5. The van der Waals surface area contributed by atoms with Crippen molar-refractivity contribution in [1.29, 1.82) is 0 Å². The van der Waals surface area contributed by atoms with Gasteiger partial charge in [0.25, 0.3) is 0 Å². The Bertz CT molecular complexity index is 1330. The maximum absolute atomic E-state index is 15.0. The van der Waals surface area contributed by atoms with Gasteiger partial charge in [-0.05, 0) is 48.6 Å². The number of halogens is 5. The first-order chi connectivity index (χ1) is 17.2. The van der Waals surface area contributed by atoms with Crippen LogP contribution < -0.4 is 4.74 Å². The number of nitrogens with one attached hydrogen (secondary N) is 1. The summed E-state index contributed by atoms with van der Waals surface area (Å²) in [5, 5.41) is 0.0602. The van der Waals surface area contributed by atoms with Crippen LogP contribution >= 0.6 is 0 Å². The third-order valence-corrected chi connectivity index (χ3v) is 7.29. The van der Waals surface area contributed by atoms with Crippen molar-refractivity contribution in [2.75, 3.05) is 26.4 Å². The zero-order chi connectivity index (χ0) is 25.1. The molecule has 0 amide bonds. The average Bonchev–Trinajstić information content (AvgIpc) is 3.34. The van der Waals surface area contributed by atoms with Crippen LogP contribution in [0.3, 0.4) is 0 Å². The number of benzene rings is 1. The molecule has 2 fully saturated rings. The second-order valence-corrected chi connectivity index (χ2v) is 9.78. The Morgan fingerprint density at radius 2 is 1.86 bits per heavy atom. The molecule has 2 aliphatic heterocycles. The van der Waals surface area contributed by atoms with Crippen molar-refractivity contribution in [1.82, 2.24) is 9.97 Å². The van der Waals surface area contributed by atoms with Crippen LogP contribution in [0.15, 0.2) is 35.6 Å². The molecule has 3 aromatic rings. The third-order valence-electron chi connectivity index (χ3n) is 7.29. The lowest BCUT2D eigenvalue weighted by molar-refractivity contribution is -0.160. The molecule has 1 aliphatic carbocycles. The van der Waals surface area contributed by atoms with Crippen molar-refractivity contribution in [2.24, 2.45) is 10.4 Å². The lowest BCUT2D eigenvalue weighted by Crippen LogP contribution is -2.36. The van der Waals surface area contributed by atoms with E-state index in [0.717, 1.165) is 18.6 Å². The summed E-state index contributed by atoms with van der Waals surface area (Å²) in [4.78, 5) is 11.2. The van der Waals surface area contributed by atoms with Gasteiger partial charge in [0.05, 0.1) is 30.6 Å². The second kappa shape index (κ2) is 8.16. The fourth-order valence-electron chi connectivity index (χ4n) is 4.99. The number of hydrogen-bond acceptors (Lipinski definition) is 5. The molecule has 6 nitrogen and oxygen atoms in total. The topological polar surface area (TPSA) is 68.7 Å². The molecule has 36 heavy (non-hydrogen) atoms.